The number of fused-ring (bicyclic) bond motifs is 1. The number of hydrogen-bond donors (Lipinski definition) is 3. The van der Waals surface area contributed by atoms with Gasteiger partial charge in [-0.2, -0.15) is 0 Å². The summed E-state index contributed by atoms with van der Waals surface area (Å²) < 4.78 is 1.27. The van der Waals surface area contributed by atoms with E-state index in [1.807, 2.05) is 13.8 Å². The standard InChI is InChI=1S/C22H22Cl2N4O3/c1-4-13(3)25-21(30)22(31)27-28-18-8-6-15(23)9-14(18)10-19(28)20(29)26-16-7-5-12(2)17(24)11-16/h5-11,13H,4H2,1-3H3,(H,25,30)(H,26,29)(H,27,31)/t13-/m1/s1. The number of halogens is 2. The third-order valence-electron chi connectivity index (χ3n) is 4.84. The second-order valence-corrected chi connectivity index (χ2v) is 8.05. The van der Waals surface area contributed by atoms with Gasteiger partial charge in [-0.05, 0) is 62.2 Å². The SMILES string of the molecule is CC[C@@H](C)NC(=O)C(=O)Nn1c(C(=O)Nc2ccc(C)c(Cl)c2)cc2cc(Cl)ccc21. The van der Waals surface area contributed by atoms with Crippen LogP contribution in [0, 0.1) is 6.92 Å². The van der Waals surface area contributed by atoms with Gasteiger partial charge in [0.05, 0.1) is 5.52 Å². The number of hydrogen-bond acceptors (Lipinski definition) is 3. The van der Waals surface area contributed by atoms with Crippen LogP contribution in [0.25, 0.3) is 10.9 Å². The van der Waals surface area contributed by atoms with Crippen LogP contribution in [0.3, 0.4) is 0 Å². The number of nitrogens with one attached hydrogen (secondary N) is 3. The van der Waals surface area contributed by atoms with Gasteiger partial charge in [0.25, 0.3) is 5.91 Å². The third-order valence-corrected chi connectivity index (χ3v) is 5.48. The van der Waals surface area contributed by atoms with Crippen molar-refractivity contribution in [3.8, 4) is 0 Å². The average Bonchev–Trinajstić information content (AvgIpc) is 3.07. The fourth-order valence-electron chi connectivity index (χ4n) is 2.88. The summed E-state index contributed by atoms with van der Waals surface area (Å²) in [7, 11) is 0. The first-order valence-electron chi connectivity index (χ1n) is 9.70. The summed E-state index contributed by atoms with van der Waals surface area (Å²) in [5, 5.41) is 6.97. The van der Waals surface area contributed by atoms with Gasteiger partial charge < -0.3 is 10.6 Å². The lowest BCUT2D eigenvalue weighted by molar-refractivity contribution is -0.137. The highest BCUT2D eigenvalue weighted by molar-refractivity contribution is 6.38. The van der Waals surface area contributed by atoms with Crippen LogP contribution in [0.5, 0.6) is 0 Å². The number of aromatic nitrogens is 1. The second-order valence-electron chi connectivity index (χ2n) is 7.21. The fourth-order valence-corrected chi connectivity index (χ4v) is 3.24. The van der Waals surface area contributed by atoms with E-state index in [0.717, 1.165) is 5.56 Å². The highest BCUT2D eigenvalue weighted by atomic mass is 35.5. The molecule has 1 atom stereocenters. The Bertz CT molecular complexity index is 1170. The van der Waals surface area contributed by atoms with Gasteiger partial charge in [0.1, 0.15) is 5.69 Å². The quantitative estimate of drug-likeness (QED) is 0.489. The molecule has 3 N–H and O–H groups in total. The number of anilines is 1. The summed E-state index contributed by atoms with van der Waals surface area (Å²) in [5.74, 6) is -2.17. The fraction of sp³-hybridized carbons (Fsp3) is 0.227. The first-order valence-corrected chi connectivity index (χ1v) is 10.5. The van der Waals surface area contributed by atoms with Crippen molar-refractivity contribution in [1.82, 2.24) is 9.99 Å². The Morgan fingerprint density at radius 3 is 2.45 bits per heavy atom. The smallest absolute Gasteiger partial charge is 0.328 e. The number of rotatable bonds is 5. The molecule has 0 aliphatic carbocycles. The largest absolute Gasteiger partial charge is 0.345 e. The molecule has 0 aliphatic rings. The molecule has 3 aromatic rings. The molecule has 3 rings (SSSR count). The maximum atomic E-state index is 13.0. The topological polar surface area (TPSA) is 92.2 Å². The molecule has 162 valence electrons. The zero-order valence-electron chi connectivity index (χ0n) is 17.3. The van der Waals surface area contributed by atoms with Gasteiger partial charge in [0.15, 0.2) is 0 Å². The van der Waals surface area contributed by atoms with Crippen LogP contribution < -0.4 is 16.1 Å². The number of benzene rings is 2. The Kier molecular flexibility index (Phi) is 6.87. The first-order chi connectivity index (χ1) is 14.7. The lowest BCUT2D eigenvalue weighted by Crippen LogP contribution is -2.43. The molecule has 0 radical (unpaired) electrons. The Labute approximate surface area is 189 Å². The number of carbonyl (C=O) groups excluding carboxylic acids is 3. The van der Waals surface area contributed by atoms with Gasteiger partial charge in [-0.1, -0.05) is 36.2 Å². The predicted molar refractivity (Wildman–Crippen MR) is 123 cm³/mol. The van der Waals surface area contributed by atoms with E-state index in [1.54, 1.807) is 49.4 Å². The van der Waals surface area contributed by atoms with Crippen LogP contribution in [0.2, 0.25) is 10.0 Å². The van der Waals surface area contributed by atoms with Crippen molar-refractivity contribution < 1.29 is 14.4 Å². The van der Waals surface area contributed by atoms with Gasteiger partial charge in [-0.25, -0.2) is 4.68 Å². The van der Waals surface area contributed by atoms with E-state index >= 15 is 0 Å². The van der Waals surface area contributed by atoms with E-state index in [2.05, 4.69) is 16.1 Å². The van der Waals surface area contributed by atoms with Crippen molar-refractivity contribution in [3.05, 3.63) is 63.8 Å². The number of carbonyl (C=O) groups is 3. The van der Waals surface area contributed by atoms with Crippen molar-refractivity contribution in [2.45, 2.75) is 33.2 Å². The van der Waals surface area contributed by atoms with Crippen molar-refractivity contribution in [2.24, 2.45) is 0 Å². The molecule has 0 unspecified atom stereocenters. The molecular weight excluding hydrogens is 439 g/mol. The van der Waals surface area contributed by atoms with E-state index in [-0.39, 0.29) is 11.7 Å². The Morgan fingerprint density at radius 1 is 1.03 bits per heavy atom. The van der Waals surface area contributed by atoms with Crippen LogP contribution in [0.15, 0.2) is 42.5 Å². The third kappa shape index (κ3) is 5.18. The molecule has 1 aromatic heterocycles. The minimum Gasteiger partial charge on any atom is -0.345 e. The van der Waals surface area contributed by atoms with E-state index in [4.69, 9.17) is 23.2 Å². The maximum Gasteiger partial charge on any atom is 0.328 e. The van der Waals surface area contributed by atoms with E-state index in [9.17, 15) is 14.4 Å². The summed E-state index contributed by atoms with van der Waals surface area (Å²) in [6.45, 7) is 5.55. The monoisotopic (exact) mass is 460 g/mol. The molecule has 31 heavy (non-hydrogen) atoms. The minimum absolute atomic E-state index is 0.124. The lowest BCUT2D eigenvalue weighted by Gasteiger charge is -2.14. The molecule has 0 bridgehead atoms. The summed E-state index contributed by atoms with van der Waals surface area (Å²) in [4.78, 5) is 37.7. The molecule has 7 nitrogen and oxygen atoms in total. The van der Waals surface area contributed by atoms with Crippen LogP contribution in [-0.2, 0) is 9.59 Å². The molecule has 0 aliphatic heterocycles. The lowest BCUT2D eigenvalue weighted by atomic mass is 10.2. The Hall–Kier alpha value is -3.03. The number of aryl methyl sites for hydroxylation is 1. The van der Waals surface area contributed by atoms with Crippen molar-refractivity contribution in [1.29, 1.82) is 0 Å². The van der Waals surface area contributed by atoms with Crippen LogP contribution in [-0.4, -0.2) is 28.4 Å². The normalized spacial score (nSPS) is 11.8. The molecule has 0 saturated heterocycles. The highest BCUT2D eigenvalue weighted by Crippen LogP contribution is 2.25. The maximum absolute atomic E-state index is 13.0. The zero-order chi connectivity index (χ0) is 22.7. The zero-order valence-corrected chi connectivity index (χ0v) is 18.8. The van der Waals surface area contributed by atoms with E-state index in [1.165, 1.54) is 4.68 Å². The molecule has 9 heteroatoms. The van der Waals surface area contributed by atoms with Crippen LogP contribution >= 0.6 is 23.2 Å². The Morgan fingerprint density at radius 2 is 1.77 bits per heavy atom. The number of amides is 3. The molecule has 0 saturated carbocycles. The van der Waals surface area contributed by atoms with Crippen molar-refractivity contribution in [3.63, 3.8) is 0 Å². The van der Waals surface area contributed by atoms with Gasteiger partial charge in [-0.15, -0.1) is 0 Å². The van der Waals surface area contributed by atoms with Crippen molar-refractivity contribution in [2.75, 3.05) is 10.7 Å². The molecule has 0 fully saturated rings. The predicted octanol–water partition coefficient (Wildman–Crippen LogP) is 4.49. The molecule has 0 spiro atoms. The van der Waals surface area contributed by atoms with E-state index in [0.29, 0.717) is 33.1 Å². The summed E-state index contributed by atoms with van der Waals surface area (Å²) in [5.41, 5.74) is 4.52. The Balaban J connectivity index is 1.94. The molecule has 3 amide bonds. The van der Waals surface area contributed by atoms with Crippen LogP contribution in [0.1, 0.15) is 36.3 Å². The summed E-state index contributed by atoms with van der Waals surface area (Å²) >= 11 is 12.2. The van der Waals surface area contributed by atoms with E-state index < -0.39 is 17.7 Å². The first kappa shape index (κ1) is 22.7. The summed E-state index contributed by atoms with van der Waals surface area (Å²) in [6, 6.07) is 11.5. The van der Waals surface area contributed by atoms with Gasteiger partial charge >= 0.3 is 11.8 Å². The second kappa shape index (κ2) is 9.41. The van der Waals surface area contributed by atoms with Gasteiger partial charge in [0, 0.05) is 27.2 Å². The molecular formula is C22H22Cl2N4O3. The number of nitrogens with zero attached hydrogens (tertiary/aromatic N) is 1. The van der Waals surface area contributed by atoms with Crippen LogP contribution in [0.4, 0.5) is 5.69 Å². The summed E-state index contributed by atoms with van der Waals surface area (Å²) in [6.07, 6.45) is 0.677. The minimum atomic E-state index is -0.889. The van der Waals surface area contributed by atoms with Gasteiger partial charge in [0.2, 0.25) is 0 Å². The molecule has 2 aromatic carbocycles. The van der Waals surface area contributed by atoms with Gasteiger partial charge in [-0.3, -0.25) is 19.8 Å². The highest BCUT2D eigenvalue weighted by Gasteiger charge is 2.22. The molecule has 1 heterocycles. The van der Waals surface area contributed by atoms with Crippen molar-refractivity contribution >= 4 is 57.5 Å². The average molecular weight is 461 g/mol.